The van der Waals surface area contributed by atoms with Crippen LogP contribution in [0.5, 0.6) is 0 Å². The first-order chi connectivity index (χ1) is 35.9. The predicted molar refractivity (Wildman–Crippen MR) is 300 cm³/mol. The van der Waals surface area contributed by atoms with Crippen molar-refractivity contribution in [2.75, 3.05) is 9.80 Å². The number of nitrogens with zero attached hydrogens (tertiary/aromatic N) is 2. The molecule has 0 aliphatic carbocycles. The molecule has 0 radical (unpaired) electrons. The molecule has 12 aromatic carbocycles. The second kappa shape index (κ2) is 18.6. The summed E-state index contributed by atoms with van der Waals surface area (Å²) in [6, 6.07) is 69.4. The third-order valence-electron chi connectivity index (χ3n) is 14.5. The lowest BCUT2D eigenvalue weighted by atomic mass is 9.90. The summed E-state index contributed by atoms with van der Waals surface area (Å²) < 4.78 is 57.7. The first-order valence-corrected chi connectivity index (χ1v) is 24.7. The SMILES string of the molecule is Cc1cccc(C)c1N(c1cc(-c2ccc(F)cc2)cc(-c2ccc(F)cc2)c1)c1ccc2ccc3c(N(c4cc(-c5ccc(F)cc5)cc(-c5ccc(F)cc5)c4)c4c(C)cccc4C)ccc4ccc1c2c43. The minimum absolute atomic E-state index is 0.317. The van der Waals surface area contributed by atoms with Gasteiger partial charge in [0.05, 0.1) is 22.7 Å². The van der Waals surface area contributed by atoms with Crippen LogP contribution in [0.3, 0.4) is 0 Å². The third kappa shape index (κ3) is 8.28. The van der Waals surface area contributed by atoms with Crippen molar-refractivity contribution in [1.29, 1.82) is 0 Å². The molecule has 0 unspecified atom stereocenters. The second-order valence-electron chi connectivity index (χ2n) is 19.3. The summed E-state index contributed by atoms with van der Waals surface area (Å²) in [5.74, 6) is -1.27. The molecule has 0 saturated carbocycles. The summed E-state index contributed by atoms with van der Waals surface area (Å²) in [5.41, 5.74) is 17.1. The maximum atomic E-state index is 14.4. The molecule has 12 aromatic rings. The Hall–Kier alpha value is -9.00. The maximum absolute atomic E-state index is 14.4. The van der Waals surface area contributed by atoms with Gasteiger partial charge in [0.2, 0.25) is 0 Å². The van der Waals surface area contributed by atoms with Crippen LogP contribution in [0.2, 0.25) is 0 Å². The number of rotatable bonds is 10. The van der Waals surface area contributed by atoms with Gasteiger partial charge in [0.15, 0.2) is 0 Å². The molecule has 0 bridgehead atoms. The zero-order chi connectivity index (χ0) is 50.8. The van der Waals surface area contributed by atoms with Crippen molar-refractivity contribution in [1.82, 2.24) is 0 Å². The Morgan fingerprint density at radius 1 is 0.270 bits per heavy atom. The van der Waals surface area contributed by atoms with Crippen molar-refractivity contribution in [3.8, 4) is 44.5 Å². The molecule has 0 N–H and O–H groups in total. The standard InChI is InChI=1S/C68H48F4N2/c1-41-7-5-8-42(2)67(41)73(59-37-51(45-11-23-55(69)24-12-45)35-52(38-59)46-13-25-56(70)26-14-46)63-33-21-49-20-32-62-64(34-22-50-19-31-61(63)65(49)66(50)62)74(68-43(3)9-6-10-44(68)4)60-39-53(47-15-27-57(71)28-16-47)36-54(40-60)48-17-29-58(72)30-18-48/h5-40H,1-4H3. The Morgan fingerprint density at radius 3 is 0.824 bits per heavy atom. The quantitative estimate of drug-likeness (QED) is 0.0995. The zero-order valence-corrected chi connectivity index (χ0v) is 41.2. The van der Waals surface area contributed by atoms with Gasteiger partial charge in [-0.15, -0.1) is 0 Å². The predicted octanol–water partition coefficient (Wildman–Crippen LogP) is 20.0. The molecule has 0 fully saturated rings. The molecule has 358 valence electrons. The van der Waals surface area contributed by atoms with Gasteiger partial charge < -0.3 is 9.80 Å². The van der Waals surface area contributed by atoms with Crippen LogP contribution in [0.1, 0.15) is 22.3 Å². The molecule has 0 saturated heterocycles. The lowest BCUT2D eigenvalue weighted by Gasteiger charge is -2.32. The van der Waals surface area contributed by atoms with Gasteiger partial charge in [-0.1, -0.05) is 121 Å². The van der Waals surface area contributed by atoms with Crippen LogP contribution in [-0.2, 0) is 0 Å². The van der Waals surface area contributed by atoms with Gasteiger partial charge >= 0.3 is 0 Å². The molecule has 6 heteroatoms. The summed E-state index contributed by atoms with van der Waals surface area (Å²) in [5, 5.41) is 6.49. The molecule has 0 aromatic heterocycles. The Labute approximate surface area is 428 Å². The Bertz CT molecular complexity index is 3650. The van der Waals surface area contributed by atoms with Gasteiger partial charge in [-0.25, -0.2) is 17.6 Å². The van der Waals surface area contributed by atoms with E-state index in [0.29, 0.717) is 0 Å². The highest BCUT2D eigenvalue weighted by Gasteiger charge is 2.26. The van der Waals surface area contributed by atoms with Gasteiger partial charge in [0, 0.05) is 22.1 Å². The zero-order valence-electron chi connectivity index (χ0n) is 41.2. The third-order valence-corrected chi connectivity index (χ3v) is 14.5. The van der Waals surface area contributed by atoms with Crippen LogP contribution in [0.25, 0.3) is 76.8 Å². The first-order valence-electron chi connectivity index (χ1n) is 24.7. The molecule has 0 heterocycles. The minimum Gasteiger partial charge on any atom is -0.309 e. The highest BCUT2D eigenvalue weighted by Crippen LogP contribution is 2.51. The normalized spacial score (nSPS) is 11.5. The van der Waals surface area contributed by atoms with Crippen molar-refractivity contribution in [2.24, 2.45) is 0 Å². The number of anilines is 6. The molecule has 12 rings (SSSR count). The van der Waals surface area contributed by atoms with Gasteiger partial charge in [0.1, 0.15) is 23.3 Å². The average molecular weight is 969 g/mol. The minimum atomic E-state index is -0.317. The van der Waals surface area contributed by atoms with E-state index in [2.05, 4.69) is 159 Å². The molecule has 0 atom stereocenters. The summed E-state index contributed by atoms with van der Waals surface area (Å²) in [4.78, 5) is 4.69. The number of hydrogen-bond acceptors (Lipinski definition) is 2. The molecule has 0 aliphatic heterocycles. The van der Waals surface area contributed by atoms with E-state index >= 15 is 0 Å². The van der Waals surface area contributed by atoms with Gasteiger partial charge in [-0.05, 0) is 213 Å². The summed E-state index contributed by atoms with van der Waals surface area (Å²) in [7, 11) is 0. The van der Waals surface area contributed by atoms with Crippen LogP contribution in [0.15, 0.2) is 218 Å². The summed E-state index contributed by atoms with van der Waals surface area (Å²) in [6.07, 6.45) is 0. The summed E-state index contributed by atoms with van der Waals surface area (Å²) >= 11 is 0. The van der Waals surface area contributed by atoms with E-state index in [4.69, 9.17) is 0 Å². The van der Waals surface area contributed by atoms with E-state index in [1.807, 2.05) is 0 Å². The number of hydrogen-bond donors (Lipinski definition) is 0. The monoisotopic (exact) mass is 968 g/mol. The van der Waals surface area contributed by atoms with Crippen molar-refractivity contribution in [3.05, 3.63) is 264 Å². The van der Waals surface area contributed by atoms with E-state index in [-0.39, 0.29) is 23.3 Å². The fourth-order valence-electron chi connectivity index (χ4n) is 11.0. The Balaban J connectivity index is 1.12. The molecule has 0 spiro atoms. The maximum Gasteiger partial charge on any atom is 0.123 e. The lowest BCUT2D eigenvalue weighted by molar-refractivity contribution is 0.627. The Morgan fingerprint density at radius 2 is 0.541 bits per heavy atom. The first kappa shape index (κ1) is 46.1. The van der Waals surface area contributed by atoms with Crippen molar-refractivity contribution in [2.45, 2.75) is 27.7 Å². The van der Waals surface area contributed by atoms with E-state index in [1.165, 1.54) is 48.5 Å². The van der Waals surface area contributed by atoms with Crippen LogP contribution in [0.4, 0.5) is 51.7 Å². The van der Waals surface area contributed by atoms with Gasteiger partial charge in [-0.3, -0.25) is 0 Å². The van der Waals surface area contributed by atoms with E-state index in [1.54, 1.807) is 48.5 Å². The largest absolute Gasteiger partial charge is 0.309 e. The highest BCUT2D eigenvalue weighted by molar-refractivity contribution is 6.28. The summed E-state index contributed by atoms with van der Waals surface area (Å²) in [6.45, 7) is 8.54. The topological polar surface area (TPSA) is 6.48 Å². The van der Waals surface area contributed by atoms with Crippen LogP contribution < -0.4 is 9.80 Å². The fraction of sp³-hybridized carbons (Fsp3) is 0.0588. The van der Waals surface area contributed by atoms with E-state index in [9.17, 15) is 17.6 Å². The average Bonchev–Trinajstić information content (AvgIpc) is 3.41. The molecule has 0 aliphatic rings. The van der Waals surface area contributed by atoms with Crippen LogP contribution in [-0.4, -0.2) is 0 Å². The molecule has 0 amide bonds. The van der Waals surface area contributed by atoms with Crippen molar-refractivity contribution < 1.29 is 17.6 Å². The van der Waals surface area contributed by atoms with Gasteiger partial charge in [0.25, 0.3) is 0 Å². The van der Waals surface area contributed by atoms with Gasteiger partial charge in [-0.2, -0.15) is 0 Å². The lowest BCUT2D eigenvalue weighted by Crippen LogP contribution is -2.14. The number of aryl methyl sites for hydroxylation is 4. The second-order valence-corrected chi connectivity index (χ2v) is 19.3. The fourth-order valence-corrected chi connectivity index (χ4v) is 11.0. The molecular formula is C68H48F4N2. The number of para-hydroxylation sites is 2. The van der Waals surface area contributed by atoms with Crippen molar-refractivity contribution >= 4 is 66.4 Å². The van der Waals surface area contributed by atoms with Crippen LogP contribution >= 0.6 is 0 Å². The number of benzene rings is 12. The van der Waals surface area contributed by atoms with E-state index in [0.717, 1.165) is 133 Å². The Kier molecular flexibility index (Phi) is 11.6. The molecule has 74 heavy (non-hydrogen) atoms. The molecular weight excluding hydrogens is 921 g/mol. The number of halogens is 4. The highest BCUT2D eigenvalue weighted by atomic mass is 19.1. The van der Waals surface area contributed by atoms with Crippen LogP contribution in [0, 0.1) is 51.0 Å². The smallest absolute Gasteiger partial charge is 0.123 e. The molecule has 2 nitrogen and oxygen atoms in total. The van der Waals surface area contributed by atoms with E-state index < -0.39 is 0 Å². The van der Waals surface area contributed by atoms with Crippen molar-refractivity contribution in [3.63, 3.8) is 0 Å².